The molecule has 6 heteroatoms. The molecule has 0 unspecified atom stereocenters. The van der Waals surface area contributed by atoms with Gasteiger partial charge < -0.3 is 15.0 Å². The van der Waals surface area contributed by atoms with Gasteiger partial charge in [-0.05, 0) is 30.2 Å². The number of anilines is 1. The molecule has 0 atom stereocenters. The molecule has 6 nitrogen and oxygen atoms in total. The third kappa shape index (κ3) is 4.50. The molecule has 0 aliphatic carbocycles. The summed E-state index contributed by atoms with van der Waals surface area (Å²) in [5, 5.41) is 3.65. The Balaban J connectivity index is 1.56. The first kappa shape index (κ1) is 22.0. The monoisotopic (exact) mass is 431 g/mol. The fraction of sp³-hybridized carbons (Fsp3) is 0.346. The van der Waals surface area contributed by atoms with Crippen LogP contribution in [0, 0.1) is 0 Å². The van der Waals surface area contributed by atoms with Gasteiger partial charge in [-0.3, -0.25) is 9.78 Å². The summed E-state index contributed by atoms with van der Waals surface area (Å²) in [4.78, 5) is 32.7. The lowest BCUT2D eigenvalue weighted by molar-refractivity contribution is -0.119. The molecule has 3 aromatic rings. The van der Waals surface area contributed by atoms with Crippen molar-refractivity contribution in [3.8, 4) is 0 Å². The first-order valence-electron chi connectivity index (χ1n) is 10.9. The Kier molecular flexibility index (Phi) is 5.98. The zero-order valence-electron chi connectivity index (χ0n) is 19.1. The molecule has 1 aromatic heterocycles. The molecule has 1 aliphatic heterocycles. The van der Waals surface area contributed by atoms with Gasteiger partial charge in [0.2, 0.25) is 0 Å². The molecule has 4 rings (SSSR count). The predicted octanol–water partition coefficient (Wildman–Crippen LogP) is 4.32. The highest BCUT2D eigenvalue weighted by molar-refractivity contribution is 6.06. The first-order valence-corrected chi connectivity index (χ1v) is 10.9. The molecular formula is C26H29N3O3. The molecule has 0 spiro atoms. The fourth-order valence-electron chi connectivity index (χ4n) is 4.19. The van der Waals surface area contributed by atoms with Crippen LogP contribution in [0.1, 0.15) is 48.0 Å². The van der Waals surface area contributed by atoms with Crippen LogP contribution in [0.4, 0.5) is 5.69 Å². The van der Waals surface area contributed by atoms with Crippen LogP contribution in [-0.2, 0) is 27.9 Å². The first-order chi connectivity index (χ1) is 15.2. The molecule has 0 saturated carbocycles. The Labute approximate surface area is 188 Å². The van der Waals surface area contributed by atoms with Gasteiger partial charge in [0.25, 0.3) is 5.91 Å². The molecule has 1 aliphatic rings. The lowest BCUT2D eigenvalue weighted by Crippen LogP contribution is -2.30. The molecule has 32 heavy (non-hydrogen) atoms. The number of carbonyl (C=O) groups is 2. The van der Waals surface area contributed by atoms with Crippen LogP contribution < -0.4 is 5.32 Å². The molecule has 1 amide bonds. The maximum Gasteiger partial charge on any atom is 0.339 e. The number of ether oxygens (including phenoxy) is 1. The molecule has 2 aromatic carbocycles. The Morgan fingerprint density at radius 3 is 2.59 bits per heavy atom. The highest BCUT2D eigenvalue weighted by atomic mass is 16.5. The smallest absolute Gasteiger partial charge is 0.339 e. The highest BCUT2D eigenvalue weighted by Gasteiger charge is 2.26. The van der Waals surface area contributed by atoms with Crippen LogP contribution in [0.25, 0.3) is 10.9 Å². The van der Waals surface area contributed by atoms with Gasteiger partial charge in [0.05, 0.1) is 11.1 Å². The largest absolute Gasteiger partial charge is 0.452 e. The number of hydrogen-bond donors (Lipinski definition) is 1. The van der Waals surface area contributed by atoms with Crippen LogP contribution in [0.3, 0.4) is 0 Å². The standard InChI is InChI=1S/C26H29N3O3/c1-26(2,3)19-10-6-8-12-22(19)28-23(30)16-32-25(31)24-17-9-5-7-11-20(17)27-21-13-14-29(4)15-18(21)24/h5-12H,13-16H2,1-4H3,(H,28,30). The number of nitrogens with zero attached hydrogens (tertiary/aromatic N) is 2. The number of hydrogen-bond acceptors (Lipinski definition) is 5. The number of carbonyl (C=O) groups excluding carboxylic acids is 2. The van der Waals surface area contributed by atoms with E-state index in [0.717, 1.165) is 46.4 Å². The molecule has 0 bridgehead atoms. The van der Waals surface area contributed by atoms with Crippen LogP contribution in [-0.4, -0.2) is 42.0 Å². The maximum atomic E-state index is 13.2. The van der Waals surface area contributed by atoms with Gasteiger partial charge in [-0.2, -0.15) is 0 Å². The second-order valence-corrected chi connectivity index (χ2v) is 9.34. The Bertz CT molecular complexity index is 1180. The highest BCUT2D eigenvalue weighted by Crippen LogP contribution is 2.30. The summed E-state index contributed by atoms with van der Waals surface area (Å²) in [6.45, 7) is 7.44. The lowest BCUT2D eigenvalue weighted by atomic mass is 9.86. The number of aromatic nitrogens is 1. The minimum atomic E-state index is -0.491. The van der Waals surface area contributed by atoms with Gasteiger partial charge in [0.1, 0.15) is 0 Å². The SMILES string of the molecule is CN1CCc2nc3ccccc3c(C(=O)OCC(=O)Nc3ccccc3C(C)(C)C)c2C1. The number of nitrogens with one attached hydrogen (secondary N) is 1. The van der Waals surface area contributed by atoms with Crippen molar-refractivity contribution in [1.29, 1.82) is 0 Å². The molecule has 1 N–H and O–H groups in total. The number of amides is 1. The molecule has 2 heterocycles. The van der Waals surface area contributed by atoms with Crippen molar-refractivity contribution < 1.29 is 14.3 Å². The van der Waals surface area contributed by atoms with E-state index in [1.807, 2.05) is 55.6 Å². The minimum absolute atomic E-state index is 0.123. The Morgan fingerprint density at radius 2 is 1.81 bits per heavy atom. The van der Waals surface area contributed by atoms with Crippen molar-refractivity contribution in [1.82, 2.24) is 9.88 Å². The van der Waals surface area contributed by atoms with E-state index < -0.39 is 5.97 Å². The second kappa shape index (κ2) is 8.71. The van der Waals surface area contributed by atoms with Crippen molar-refractivity contribution in [2.45, 2.75) is 39.2 Å². The third-order valence-electron chi connectivity index (χ3n) is 5.78. The summed E-state index contributed by atoms with van der Waals surface area (Å²) in [6.07, 6.45) is 0.779. The topological polar surface area (TPSA) is 71.5 Å². The average molecular weight is 432 g/mol. The molecule has 166 valence electrons. The van der Waals surface area contributed by atoms with Crippen molar-refractivity contribution in [3.63, 3.8) is 0 Å². The summed E-state index contributed by atoms with van der Waals surface area (Å²) in [5.41, 5.74) is 4.73. The predicted molar refractivity (Wildman–Crippen MR) is 126 cm³/mol. The fourth-order valence-corrected chi connectivity index (χ4v) is 4.19. The zero-order chi connectivity index (χ0) is 22.9. The molecule has 0 fully saturated rings. The second-order valence-electron chi connectivity index (χ2n) is 9.34. The number of pyridine rings is 1. The summed E-state index contributed by atoms with van der Waals surface area (Å²) >= 11 is 0. The molecule has 0 radical (unpaired) electrons. The van der Waals surface area contributed by atoms with E-state index >= 15 is 0 Å². The number of likely N-dealkylation sites (N-methyl/N-ethyl adjacent to an activating group) is 1. The third-order valence-corrected chi connectivity index (χ3v) is 5.78. The van der Waals surface area contributed by atoms with Gasteiger partial charge in [-0.15, -0.1) is 0 Å². The van der Waals surface area contributed by atoms with Gasteiger partial charge in [-0.25, -0.2) is 4.79 Å². The molecule has 0 saturated heterocycles. The van der Waals surface area contributed by atoms with Crippen LogP contribution >= 0.6 is 0 Å². The van der Waals surface area contributed by atoms with Crippen molar-refractivity contribution in [2.24, 2.45) is 0 Å². The summed E-state index contributed by atoms with van der Waals surface area (Å²) < 4.78 is 5.50. The van der Waals surface area contributed by atoms with E-state index in [4.69, 9.17) is 9.72 Å². The normalized spacial score (nSPS) is 14.1. The van der Waals surface area contributed by atoms with E-state index in [2.05, 4.69) is 31.0 Å². The quantitative estimate of drug-likeness (QED) is 0.623. The minimum Gasteiger partial charge on any atom is -0.452 e. The van der Waals surface area contributed by atoms with E-state index in [-0.39, 0.29) is 17.9 Å². The number of benzene rings is 2. The van der Waals surface area contributed by atoms with Crippen molar-refractivity contribution in [2.75, 3.05) is 25.5 Å². The summed E-state index contributed by atoms with van der Waals surface area (Å²) in [5.74, 6) is -0.853. The zero-order valence-corrected chi connectivity index (χ0v) is 19.1. The van der Waals surface area contributed by atoms with Crippen LogP contribution in [0.15, 0.2) is 48.5 Å². The van der Waals surface area contributed by atoms with E-state index in [1.165, 1.54) is 0 Å². The Morgan fingerprint density at radius 1 is 1.09 bits per heavy atom. The maximum absolute atomic E-state index is 13.2. The van der Waals surface area contributed by atoms with Crippen molar-refractivity contribution in [3.05, 3.63) is 70.9 Å². The molecular weight excluding hydrogens is 402 g/mol. The van der Waals surface area contributed by atoms with Crippen LogP contribution in [0.5, 0.6) is 0 Å². The van der Waals surface area contributed by atoms with E-state index in [9.17, 15) is 9.59 Å². The van der Waals surface area contributed by atoms with Gasteiger partial charge in [0.15, 0.2) is 6.61 Å². The number of rotatable bonds is 4. The van der Waals surface area contributed by atoms with E-state index in [0.29, 0.717) is 12.1 Å². The lowest BCUT2D eigenvalue weighted by Gasteiger charge is -2.26. The number of esters is 1. The average Bonchev–Trinajstić information content (AvgIpc) is 2.75. The number of fused-ring (bicyclic) bond motifs is 2. The number of para-hydroxylation sites is 2. The van der Waals surface area contributed by atoms with Gasteiger partial charge in [-0.1, -0.05) is 57.2 Å². The van der Waals surface area contributed by atoms with Gasteiger partial charge >= 0.3 is 5.97 Å². The van der Waals surface area contributed by atoms with E-state index in [1.54, 1.807) is 0 Å². The summed E-state index contributed by atoms with van der Waals surface area (Å²) in [6, 6.07) is 15.3. The van der Waals surface area contributed by atoms with Gasteiger partial charge in [0, 0.05) is 41.8 Å². The summed E-state index contributed by atoms with van der Waals surface area (Å²) in [7, 11) is 2.02. The Hall–Kier alpha value is -3.25. The van der Waals surface area contributed by atoms with Crippen LogP contribution in [0.2, 0.25) is 0 Å². The van der Waals surface area contributed by atoms with Crippen molar-refractivity contribution >= 4 is 28.5 Å².